The molecule has 1 fully saturated rings. The van der Waals surface area contributed by atoms with Crippen LogP contribution in [0.5, 0.6) is 5.75 Å². The number of nitrogens with zero attached hydrogens (tertiary/aromatic N) is 3. The van der Waals surface area contributed by atoms with E-state index in [2.05, 4.69) is 17.1 Å². The van der Waals surface area contributed by atoms with Gasteiger partial charge in [0.05, 0.1) is 17.4 Å². The number of hydrogen-bond acceptors (Lipinski definition) is 4. The van der Waals surface area contributed by atoms with Crippen LogP contribution >= 0.6 is 0 Å². The van der Waals surface area contributed by atoms with E-state index in [4.69, 9.17) is 4.98 Å². The van der Waals surface area contributed by atoms with E-state index in [0.29, 0.717) is 6.54 Å². The lowest BCUT2D eigenvalue weighted by Gasteiger charge is -2.36. The number of anilines is 2. The lowest BCUT2D eigenvalue weighted by Crippen LogP contribution is -2.50. The van der Waals surface area contributed by atoms with Crippen LogP contribution in [0.25, 0.3) is 11.3 Å². The van der Waals surface area contributed by atoms with E-state index in [-0.39, 0.29) is 17.8 Å². The van der Waals surface area contributed by atoms with Crippen LogP contribution in [0.15, 0.2) is 36.4 Å². The molecule has 0 radical (unpaired) electrons. The SMILES string of the molecule is CCCCCNC(=O)N1c2nc(-c3cccc(O)c3)ccc2N2CC[C@H]1C2. The number of pyridine rings is 1. The standard InChI is InChI=1S/C21H26N4O2/c1-2-3-4-11-22-21(27)25-16-10-12-24(14-16)19-9-8-18(23-20(19)25)15-6-5-7-17(26)13-15/h5-9,13,16,26H,2-4,10-12,14H2,1H3,(H,22,27)/t16-/m0/s1. The third-order valence-corrected chi connectivity index (χ3v) is 5.37. The molecule has 0 saturated carbocycles. The van der Waals surface area contributed by atoms with Gasteiger partial charge in [-0.1, -0.05) is 31.9 Å². The number of carbonyl (C=O) groups excluding carboxylic acids is 1. The smallest absolute Gasteiger partial charge is 0.323 e. The second-order valence-corrected chi connectivity index (χ2v) is 7.29. The van der Waals surface area contributed by atoms with Crippen LogP contribution in [0.1, 0.15) is 32.6 Å². The highest BCUT2D eigenvalue weighted by molar-refractivity contribution is 5.97. The van der Waals surface area contributed by atoms with Crippen molar-refractivity contribution in [3.63, 3.8) is 0 Å². The molecule has 2 aliphatic rings. The molecule has 1 aromatic carbocycles. The average molecular weight is 366 g/mol. The van der Waals surface area contributed by atoms with Crippen LogP contribution in [0.4, 0.5) is 16.3 Å². The normalized spacial score (nSPS) is 17.7. The van der Waals surface area contributed by atoms with Gasteiger partial charge in [-0.25, -0.2) is 9.78 Å². The van der Waals surface area contributed by atoms with Crippen LogP contribution in [-0.4, -0.2) is 41.8 Å². The molecule has 1 atom stereocenters. The number of aromatic hydroxyl groups is 1. The highest BCUT2D eigenvalue weighted by atomic mass is 16.3. The number of phenolic OH excluding ortho intramolecular Hbond substituents is 1. The molecule has 1 saturated heterocycles. The summed E-state index contributed by atoms with van der Waals surface area (Å²) in [5.74, 6) is 0.930. The summed E-state index contributed by atoms with van der Waals surface area (Å²) in [7, 11) is 0. The van der Waals surface area contributed by atoms with E-state index in [9.17, 15) is 9.90 Å². The molecule has 2 bridgehead atoms. The van der Waals surface area contributed by atoms with Gasteiger partial charge in [-0.05, 0) is 37.1 Å². The molecule has 27 heavy (non-hydrogen) atoms. The minimum absolute atomic E-state index is 0.0561. The quantitative estimate of drug-likeness (QED) is 0.791. The number of aromatic nitrogens is 1. The molecular weight excluding hydrogens is 340 g/mol. The van der Waals surface area contributed by atoms with Gasteiger partial charge in [0, 0.05) is 25.2 Å². The van der Waals surface area contributed by atoms with Crippen LogP contribution < -0.4 is 15.1 Å². The fraction of sp³-hybridized carbons (Fsp3) is 0.429. The summed E-state index contributed by atoms with van der Waals surface area (Å²) in [6, 6.07) is 11.2. The first-order valence-corrected chi connectivity index (χ1v) is 9.80. The van der Waals surface area contributed by atoms with Crippen molar-refractivity contribution in [2.75, 3.05) is 29.4 Å². The predicted octanol–water partition coefficient (Wildman–Crippen LogP) is 3.75. The maximum absolute atomic E-state index is 12.9. The molecule has 4 rings (SSSR count). The van der Waals surface area contributed by atoms with E-state index in [1.54, 1.807) is 18.2 Å². The summed E-state index contributed by atoms with van der Waals surface area (Å²) in [6.45, 7) is 4.66. The Kier molecular flexibility index (Phi) is 4.88. The van der Waals surface area contributed by atoms with Crippen LogP contribution in [0.3, 0.4) is 0 Å². The minimum atomic E-state index is -0.0561. The average Bonchev–Trinajstić information content (AvgIpc) is 3.09. The number of carbonyl (C=O) groups is 1. The molecule has 1 aromatic heterocycles. The van der Waals surface area contributed by atoms with Crippen LogP contribution in [-0.2, 0) is 0 Å². The number of benzene rings is 1. The predicted molar refractivity (Wildman–Crippen MR) is 107 cm³/mol. The molecule has 3 heterocycles. The van der Waals surface area contributed by atoms with E-state index in [0.717, 1.165) is 61.5 Å². The summed E-state index contributed by atoms with van der Waals surface area (Å²) in [6.07, 6.45) is 4.21. The largest absolute Gasteiger partial charge is 0.508 e. The minimum Gasteiger partial charge on any atom is -0.508 e. The Bertz CT molecular complexity index is 839. The Morgan fingerprint density at radius 1 is 1.30 bits per heavy atom. The molecule has 0 unspecified atom stereocenters. The zero-order chi connectivity index (χ0) is 18.8. The molecule has 6 nitrogen and oxygen atoms in total. The summed E-state index contributed by atoms with van der Waals surface area (Å²) in [4.78, 5) is 21.9. The summed E-state index contributed by atoms with van der Waals surface area (Å²) in [5.41, 5.74) is 2.61. The van der Waals surface area contributed by atoms with Gasteiger partial charge in [0.25, 0.3) is 0 Å². The first-order chi connectivity index (χ1) is 13.2. The van der Waals surface area contributed by atoms with Gasteiger partial charge in [-0.15, -0.1) is 0 Å². The van der Waals surface area contributed by atoms with Gasteiger partial charge in [0.15, 0.2) is 5.82 Å². The Hall–Kier alpha value is -2.76. The molecule has 2 amide bonds. The van der Waals surface area contributed by atoms with E-state index < -0.39 is 0 Å². The fourth-order valence-corrected chi connectivity index (χ4v) is 3.95. The topological polar surface area (TPSA) is 68.7 Å². The number of fused-ring (bicyclic) bond motifs is 4. The summed E-state index contributed by atoms with van der Waals surface area (Å²) in [5, 5.41) is 12.8. The highest BCUT2D eigenvalue weighted by Gasteiger charge is 2.40. The number of urea groups is 1. The molecule has 2 N–H and O–H groups in total. The second-order valence-electron chi connectivity index (χ2n) is 7.29. The van der Waals surface area contributed by atoms with Crippen molar-refractivity contribution in [2.24, 2.45) is 0 Å². The molecule has 142 valence electrons. The molecular formula is C21H26N4O2. The fourth-order valence-electron chi connectivity index (χ4n) is 3.95. The van der Waals surface area contributed by atoms with Crippen molar-refractivity contribution in [1.29, 1.82) is 0 Å². The van der Waals surface area contributed by atoms with Crippen molar-refractivity contribution in [3.8, 4) is 17.0 Å². The Morgan fingerprint density at radius 3 is 3.00 bits per heavy atom. The van der Waals surface area contributed by atoms with Gasteiger partial charge in [-0.2, -0.15) is 0 Å². The van der Waals surface area contributed by atoms with Crippen molar-refractivity contribution in [3.05, 3.63) is 36.4 Å². The maximum atomic E-state index is 12.9. The molecule has 2 aliphatic heterocycles. The number of rotatable bonds is 5. The summed E-state index contributed by atoms with van der Waals surface area (Å²) >= 11 is 0. The third-order valence-electron chi connectivity index (χ3n) is 5.37. The molecule has 6 heteroatoms. The van der Waals surface area contributed by atoms with Gasteiger partial charge < -0.3 is 15.3 Å². The Morgan fingerprint density at radius 2 is 2.19 bits per heavy atom. The third kappa shape index (κ3) is 3.44. The van der Waals surface area contributed by atoms with Gasteiger partial charge >= 0.3 is 6.03 Å². The van der Waals surface area contributed by atoms with Crippen LogP contribution in [0.2, 0.25) is 0 Å². The van der Waals surface area contributed by atoms with Crippen molar-refractivity contribution in [1.82, 2.24) is 10.3 Å². The van der Waals surface area contributed by atoms with Crippen molar-refractivity contribution >= 4 is 17.5 Å². The highest BCUT2D eigenvalue weighted by Crippen LogP contribution is 2.40. The monoisotopic (exact) mass is 366 g/mol. The van der Waals surface area contributed by atoms with E-state index in [1.165, 1.54) is 0 Å². The van der Waals surface area contributed by atoms with Crippen LogP contribution in [0, 0.1) is 0 Å². The number of unbranched alkanes of at least 4 members (excludes halogenated alkanes) is 2. The molecule has 0 spiro atoms. The molecule has 0 aliphatic carbocycles. The number of hydrogen-bond donors (Lipinski definition) is 2. The van der Waals surface area contributed by atoms with Gasteiger partial charge in [0.1, 0.15) is 5.75 Å². The van der Waals surface area contributed by atoms with Crippen molar-refractivity contribution in [2.45, 2.75) is 38.6 Å². The van der Waals surface area contributed by atoms with Gasteiger partial charge in [-0.3, -0.25) is 4.90 Å². The first-order valence-electron chi connectivity index (χ1n) is 9.80. The zero-order valence-electron chi connectivity index (χ0n) is 15.7. The Labute approximate surface area is 159 Å². The first kappa shape index (κ1) is 17.6. The number of amides is 2. The lowest BCUT2D eigenvalue weighted by atomic mass is 10.1. The van der Waals surface area contributed by atoms with Gasteiger partial charge in [0.2, 0.25) is 0 Å². The van der Waals surface area contributed by atoms with E-state index in [1.807, 2.05) is 23.1 Å². The second kappa shape index (κ2) is 7.47. The number of phenols is 1. The molecule has 2 aromatic rings. The number of nitrogens with one attached hydrogen (secondary N) is 1. The lowest BCUT2D eigenvalue weighted by molar-refractivity contribution is 0.244. The maximum Gasteiger partial charge on any atom is 0.323 e. The summed E-state index contributed by atoms with van der Waals surface area (Å²) < 4.78 is 0. The van der Waals surface area contributed by atoms with Crippen molar-refractivity contribution < 1.29 is 9.90 Å². The zero-order valence-corrected chi connectivity index (χ0v) is 15.7. The van der Waals surface area contributed by atoms with E-state index >= 15 is 0 Å². The Balaban J connectivity index is 1.64.